The lowest BCUT2D eigenvalue weighted by Crippen LogP contribution is -2.41. The van der Waals surface area contributed by atoms with Crippen LogP contribution in [0.1, 0.15) is 144 Å². The van der Waals surface area contributed by atoms with Crippen LogP contribution >= 0.6 is 73.4 Å². The van der Waals surface area contributed by atoms with Gasteiger partial charge in [-0.05, 0) is 204 Å². The van der Waals surface area contributed by atoms with Gasteiger partial charge in [0.05, 0.1) is 54.6 Å². The Balaban J connectivity index is 0.000000157. The van der Waals surface area contributed by atoms with Crippen LogP contribution in [0.5, 0.6) is 0 Å². The van der Waals surface area contributed by atoms with Crippen LogP contribution in [0.25, 0.3) is 32.0 Å². The molecular weight excluding hydrogens is 1320 g/mol. The second-order valence-electron chi connectivity index (χ2n) is 26.9. The Bertz CT molecular complexity index is 3630. The summed E-state index contributed by atoms with van der Waals surface area (Å²) in [5.41, 5.74) is 13.3. The van der Waals surface area contributed by atoms with Crippen LogP contribution in [0.15, 0.2) is 119 Å². The highest BCUT2D eigenvalue weighted by Gasteiger charge is 2.53. The van der Waals surface area contributed by atoms with Crippen molar-refractivity contribution in [2.75, 3.05) is 18.9 Å². The topological polar surface area (TPSA) is 202 Å². The van der Waals surface area contributed by atoms with Crippen LogP contribution in [0.3, 0.4) is 0 Å². The average Bonchev–Trinajstić information content (AvgIpc) is 1.78. The third-order valence-corrected chi connectivity index (χ3v) is 20.5. The smallest absolute Gasteiger partial charge is 0.462 e. The highest BCUT2D eigenvalue weighted by Crippen LogP contribution is 2.41. The SMILES string of the molecule is CC(C)(CO)c1cc(-c2cc(-c3ccc(CC(=O)OC4CC4)cc3Cl)cs2)ccn1.CC(C)(CO)c1cc(-c2cc(Br)cs2)ccn1.CC1(C)OB(c2ccc(CC(=O)OC3CC3)cc2Cl)OC1(C)C.CC1(C)OB(c2ccc(N)cc2Cl)OC1(C)C.OC1CC1. The molecule has 7 aromatic rings. The van der Waals surface area contributed by atoms with E-state index in [0.29, 0.717) is 20.8 Å². The number of halogens is 4. The number of nitrogens with two attached hydrogens (primary N) is 1. The maximum Gasteiger partial charge on any atom is 0.496 e. The maximum absolute atomic E-state index is 11.9. The van der Waals surface area contributed by atoms with Gasteiger partial charge in [-0.15, -0.1) is 22.7 Å². The van der Waals surface area contributed by atoms with E-state index in [1.165, 1.54) is 4.88 Å². The van der Waals surface area contributed by atoms with Crippen molar-refractivity contribution in [3.05, 3.63) is 156 Å². The van der Waals surface area contributed by atoms with E-state index in [9.17, 15) is 19.8 Å². The van der Waals surface area contributed by atoms with Crippen LogP contribution in [0, 0.1) is 0 Å². The number of carbonyl (C=O) groups is 2. The summed E-state index contributed by atoms with van der Waals surface area (Å²) in [6, 6.07) is 28.9. The second-order valence-corrected chi connectivity index (χ2v) is 30.8. The van der Waals surface area contributed by atoms with Gasteiger partial charge in [0.1, 0.15) is 12.2 Å². The summed E-state index contributed by atoms with van der Waals surface area (Å²) in [5.74, 6) is -0.398. The van der Waals surface area contributed by atoms with Crippen molar-refractivity contribution >= 4 is 116 Å². The van der Waals surface area contributed by atoms with Gasteiger partial charge in [0.25, 0.3) is 0 Å². The number of anilines is 1. The van der Waals surface area contributed by atoms with Crippen LogP contribution in [-0.4, -0.2) is 105 Å². The number of benzene rings is 3. The summed E-state index contributed by atoms with van der Waals surface area (Å²) in [7, 11) is -0.937. The molecule has 4 aromatic heterocycles. The van der Waals surface area contributed by atoms with Gasteiger partial charge >= 0.3 is 26.2 Å². The number of nitrogens with zero attached hydrogens (tertiary/aromatic N) is 2. The van der Waals surface area contributed by atoms with Gasteiger partial charge in [0.2, 0.25) is 0 Å². The molecule has 5 aliphatic rings. The van der Waals surface area contributed by atoms with E-state index in [-0.39, 0.29) is 72.9 Å². The number of rotatable bonds is 15. The number of carbonyl (C=O) groups excluding carboxylic acids is 2. The number of ether oxygens (including phenoxy) is 2. The molecule has 3 saturated carbocycles. The minimum absolute atomic E-state index is 0.0370. The molecule has 91 heavy (non-hydrogen) atoms. The van der Waals surface area contributed by atoms with Crippen LogP contribution in [0.2, 0.25) is 15.1 Å². The molecular formula is C69H83B2BrCl3N3O11S2. The summed E-state index contributed by atoms with van der Waals surface area (Å²) >= 11 is 25.9. The highest BCUT2D eigenvalue weighted by atomic mass is 79.9. The molecule has 5 fully saturated rings. The monoisotopic (exact) mass is 1400 g/mol. The predicted molar refractivity (Wildman–Crippen MR) is 373 cm³/mol. The molecule has 12 rings (SSSR count). The number of pyridine rings is 2. The first-order valence-electron chi connectivity index (χ1n) is 30.6. The van der Waals surface area contributed by atoms with Crippen LogP contribution < -0.4 is 16.7 Å². The molecule has 2 aliphatic heterocycles. The van der Waals surface area contributed by atoms with Crippen molar-refractivity contribution in [3.8, 4) is 32.0 Å². The normalized spacial score (nSPS) is 17.7. The lowest BCUT2D eigenvalue weighted by Gasteiger charge is -2.32. The molecule has 22 heteroatoms. The zero-order valence-corrected chi connectivity index (χ0v) is 59.3. The summed E-state index contributed by atoms with van der Waals surface area (Å²) in [4.78, 5) is 34.8. The molecule has 6 heterocycles. The number of hydrogen-bond acceptors (Lipinski definition) is 16. The Morgan fingerprint density at radius 3 is 1.37 bits per heavy atom. The van der Waals surface area contributed by atoms with E-state index in [2.05, 4.69) is 54.9 Å². The predicted octanol–water partition coefficient (Wildman–Crippen LogP) is 14.7. The number of aliphatic hydroxyl groups is 3. The lowest BCUT2D eigenvalue weighted by molar-refractivity contribution is -0.145. The van der Waals surface area contributed by atoms with E-state index < -0.39 is 30.9 Å². The Labute approximate surface area is 568 Å². The van der Waals surface area contributed by atoms with Crippen molar-refractivity contribution in [2.45, 2.75) is 186 Å². The number of thiophene rings is 2. The van der Waals surface area contributed by atoms with Gasteiger partial charge in [0, 0.05) is 91.5 Å². The molecule has 0 atom stereocenters. The summed E-state index contributed by atoms with van der Waals surface area (Å²) in [6.07, 6.45) is 10.4. The van der Waals surface area contributed by atoms with Crippen molar-refractivity contribution in [2.24, 2.45) is 0 Å². The Kier molecular flexibility index (Phi) is 23.7. The van der Waals surface area contributed by atoms with Gasteiger partial charge < -0.3 is 49.1 Å². The first-order valence-corrected chi connectivity index (χ1v) is 34.3. The molecule has 0 bridgehead atoms. The molecule has 0 spiro atoms. The van der Waals surface area contributed by atoms with E-state index >= 15 is 0 Å². The third kappa shape index (κ3) is 19.7. The van der Waals surface area contributed by atoms with E-state index in [0.717, 1.165) is 104 Å². The molecule has 14 nitrogen and oxygen atoms in total. The molecule has 5 N–H and O–H groups in total. The van der Waals surface area contributed by atoms with Crippen molar-refractivity contribution in [3.63, 3.8) is 0 Å². The highest BCUT2D eigenvalue weighted by molar-refractivity contribution is 9.10. The molecule has 486 valence electrons. The summed E-state index contributed by atoms with van der Waals surface area (Å²) < 4.78 is 35.5. The van der Waals surface area contributed by atoms with Gasteiger partial charge in [-0.1, -0.05) is 92.8 Å². The first-order chi connectivity index (χ1) is 42.7. The van der Waals surface area contributed by atoms with Crippen LogP contribution in [0.4, 0.5) is 5.69 Å². The Morgan fingerprint density at radius 2 is 0.989 bits per heavy atom. The third-order valence-electron chi connectivity index (χ3n) is 16.8. The number of esters is 2. The first kappa shape index (κ1) is 72.1. The standard InChI is InChI=1S/C24H24ClNO3S.C17H22BClO4.C13H14BrNOS.C12H17BClNO2.C3H6O/c1-24(2,14-27)22-12-16(7-8-26-22)21-11-17(13-30-21)19-6-3-15(9-20(19)25)10-23(28)29-18-4-5-18;1-16(2)17(3,4)23-18(22-16)13-8-5-11(9-14(13)19)10-15(20)21-12-6-7-12;1-13(2,8-16)12-5-9(3-4-15-12)11-6-10(14)7-17-11;1-11(2)12(3,4)17-13(16-11)9-6-5-8(15)7-10(9)14;4-3-1-2-3/h3,6-9,11-13,18,27H,4-5,10,14H2,1-2H3;5,8-9,12H,6-7,10H2,1-4H3;3-7,16H,8H2,1-2H3;5-7H,15H2,1-4H3;3-4H,1-2H2. The number of aromatic nitrogens is 2. The Morgan fingerprint density at radius 1 is 0.582 bits per heavy atom. The molecule has 0 unspecified atom stereocenters. The lowest BCUT2D eigenvalue weighted by atomic mass is 9.78. The van der Waals surface area contributed by atoms with E-state index in [4.69, 9.17) is 73.7 Å². The zero-order chi connectivity index (χ0) is 66.4. The largest absolute Gasteiger partial charge is 0.496 e. The average molecular weight is 1400 g/mol. The fourth-order valence-electron chi connectivity index (χ4n) is 8.85. The maximum atomic E-state index is 11.9. The van der Waals surface area contributed by atoms with E-state index in [1.54, 1.807) is 53.3 Å². The van der Waals surface area contributed by atoms with Gasteiger partial charge in [-0.2, -0.15) is 0 Å². The summed E-state index contributed by atoms with van der Waals surface area (Å²) in [6.45, 7) is 24.1. The molecule has 3 aliphatic carbocycles. The second kappa shape index (κ2) is 29.9. The quantitative estimate of drug-likeness (QED) is 0.0429. The zero-order valence-electron chi connectivity index (χ0n) is 53.8. The minimum Gasteiger partial charge on any atom is -0.462 e. The van der Waals surface area contributed by atoms with Crippen LogP contribution in [-0.2, 0) is 61.4 Å². The van der Waals surface area contributed by atoms with Gasteiger partial charge in [0.15, 0.2) is 0 Å². The number of hydrogen-bond donors (Lipinski definition) is 4. The minimum atomic E-state index is -0.500. The van der Waals surface area contributed by atoms with E-state index in [1.807, 2.05) is 138 Å². The van der Waals surface area contributed by atoms with Gasteiger partial charge in [-0.25, -0.2) is 0 Å². The molecule has 0 amide bonds. The van der Waals surface area contributed by atoms with Crippen molar-refractivity contribution < 1.29 is 53.0 Å². The van der Waals surface area contributed by atoms with Gasteiger partial charge in [-0.3, -0.25) is 19.6 Å². The van der Waals surface area contributed by atoms with Crippen molar-refractivity contribution in [1.82, 2.24) is 9.97 Å². The molecule has 2 saturated heterocycles. The Hall–Kier alpha value is -4.70. The molecule has 3 aromatic carbocycles. The number of nitrogen functional groups attached to an aromatic ring is 1. The van der Waals surface area contributed by atoms with Crippen molar-refractivity contribution in [1.29, 1.82) is 0 Å². The fourth-order valence-corrected chi connectivity index (χ4v) is 12.1. The molecule has 0 radical (unpaired) electrons. The number of aliphatic hydroxyl groups excluding tert-OH is 3. The fraction of sp³-hybridized carbons (Fsp3) is 0.449. The summed E-state index contributed by atoms with van der Waals surface area (Å²) in [5, 5.41) is 33.0.